The van der Waals surface area contributed by atoms with Gasteiger partial charge in [0.25, 0.3) is 0 Å². The second-order valence-electron chi connectivity index (χ2n) is 2.28. The van der Waals surface area contributed by atoms with Crippen LogP contribution in [0.5, 0.6) is 0 Å². The van der Waals surface area contributed by atoms with Crippen molar-refractivity contribution >= 4 is 0 Å². The maximum Gasteiger partial charge on any atom is 0.0706 e. The third-order valence-corrected chi connectivity index (χ3v) is 1.56. The first-order valence-electron chi connectivity index (χ1n) is 4.09. The third kappa shape index (κ3) is 3.04. The highest BCUT2D eigenvalue weighted by molar-refractivity contribution is 5.18. The van der Waals surface area contributed by atoms with Crippen molar-refractivity contribution in [3.8, 4) is 6.07 Å². The summed E-state index contributed by atoms with van der Waals surface area (Å²) in [6, 6.07) is 2.22. The first-order chi connectivity index (χ1) is 5.34. The first kappa shape index (κ1) is 9.97. The fourth-order valence-electron chi connectivity index (χ4n) is 0.879. The highest BCUT2D eigenvalue weighted by atomic mass is 14.3. The molecule has 0 heterocycles. The van der Waals surface area contributed by atoms with Gasteiger partial charge in [-0.3, -0.25) is 0 Å². The number of allylic oxidation sites excluding steroid dienone is 4. The molecule has 0 amide bonds. The quantitative estimate of drug-likeness (QED) is 0.519. The second kappa shape index (κ2) is 5.73. The van der Waals surface area contributed by atoms with E-state index in [4.69, 9.17) is 5.26 Å². The molecule has 0 fully saturated rings. The van der Waals surface area contributed by atoms with E-state index in [1.807, 2.05) is 45.1 Å². The van der Waals surface area contributed by atoms with Gasteiger partial charge in [-0.15, -0.1) is 0 Å². The Bertz CT molecular complexity index is 184. The van der Waals surface area contributed by atoms with Crippen LogP contribution in [0.3, 0.4) is 0 Å². The van der Waals surface area contributed by atoms with E-state index >= 15 is 0 Å². The highest BCUT2D eigenvalue weighted by Gasteiger charge is 2.11. The summed E-state index contributed by atoms with van der Waals surface area (Å²) in [6.45, 7) is 6.05. The van der Waals surface area contributed by atoms with Crippen molar-refractivity contribution < 1.29 is 0 Å². The fraction of sp³-hybridized carbons (Fsp3) is 0.500. The number of nitrogens with zero attached hydrogens (tertiary/aromatic N) is 1. The van der Waals surface area contributed by atoms with Crippen molar-refractivity contribution in [1.82, 2.24) is 0 Å². The van der Waals surface area contributed by atoms with Crippen molar-refractivity contribution in [3.63, 3.8) is 0 Å². The summed E-state index contributed by atoms with van der Waals surface area (Å²) in [5.74, 6) is 0.481. The summed E-state index contributed by atoms with van der Waals surface area (Å²) in [4.78, 5) is 0. The first-order valence-corrected chi connectivity index (χ1v) is 4.09. The summed E-state index contributed by atoms with van der Waals surface area (Å²) in [6.07, 6.45) is 7.89. The number of hydrogen-bond donors (Lipinski definition) is 0. The molecule has 1 aliphatic rings. The Morgan fingerprint density at radius 3 is 2.09 bits per heavy atom. The minimum atomic E-state index is 0.0926. The summed E-state index contributed by atoms with van der Waals surface area (Å²) in [7, 11) is 0. The predicted molar refractivity (Wildman–Crippen MR) is 47.9 cm³/mol. The molecule has 1 nitrogen and oxygen atoms in total. The lowest BCUT2D eigenvalue weighted by Crippen LogP contribution is -2.05. The van der Waals surface area contributed by atoms with E-state index < -0.39 is 0 Å². The van der Waals surface area contributed by atoms with Gasteiger partial charge in [0.1, 0.15) is 0 Å². The van der Waals surface area contributed by atoms with E-state index in [9.17, 15) is 0 Å². The SMILES string of the molecule is CC.CC1C=CC=CC1C#N. The van der Waals surface area contributed by atoms with Gasteiger partial charge < -0.3 is 0 Å². The molecule has 60 valence electrons. The molecule has 0 saturated heterocycles. The summed E-state index contributed by atoms with van der Waals surface area (Å²) >= 11 is 0. The Morgan fingerprint density at radius 1 is 1.18 bits per heavy atom. The van der Waals surface area contributed by atoms with E-state index in [-0.39, 0.29) is 5.92 Å². The van der Waals surface area contributed by atoms with E-state index in [0.29, 0.717) is 5.92 Å². The van der Waals surface area contributed by atoms with Gasteiger partial charge in [0.15, 0.2) is 0 Å². The third-order valence-electron chi connectivity index (χ3n) is 1.56. The lowest BCUT2D eigenvalue weighted by molar-refractivity contribution is 0.617. The molecule has 1 heteroatoms. The molecule has 0 N–H and O–H groups in total. The molecule has 11 heavy (non-hydrogen) atoms. The summed E-state index contributed by atoms with van der Waals surface area (Å²) < 4.78 is 0. The molecule has 0 aliphatic heterocycles. The van der Waals surface area contributed by atoms with E-state index in [1.54, 1.807) is 0 Å². The average molecular weight is 149 g/mol. The van der Waals surface area contributed by atoms with E-state index in [0.717, 1.165) is 0 Å². The normalized spacial score (nSPS) is 26.7. The molecule has 2 atom stereocenters. The predicted octanol–water partition coefficient (Wildman–Crippen LogP) is 2.91. The minimum Gasteiger partial charge on any atom is -0.198 e. The van der Waals surface area contributed by atoms with Crippen LogP contribution in [0.25, 0.3) is 0 Å². The van der Waals surface area contributed by atoms with E-state index in [1.165, 1.54) is 0 Å². The summed E-state index contributed by atoms with van der Waals surface area (Å²) in [5, 5.41) is 8.53. The molecule has 0 bridgehead atoms. The van der Waals surface area contributed by atoms with Crippen molar-refractivity contribution in [2.75, 3.05) is 0 Å². The van der Waals surface area contributed by atoms with Crippen LogP contribution in [0.2, 0.25) is 0 Å². The number of nitriles is 1. The minimum absolute atomic E-state index is 0.0926. The lowest BCUT2D eigenvalue weighted by Gasteiger charge is -2.11. The van der Waals surface area contributed by atoms with Gasteiger partial charge in [0, 0.05) is 0 Å². The Morgan fingerprint density at radius 2 is 1.73 bits per heavy atom. The van der Waals surface area contributed by atoms with E-state index in [2.05, 4.69) is 6.07 Å². The van der Waals surface area contributed by atoms with Crippen LogP contribution >= 0.6 is 0 Å². The van der Waals surface area contributed by atoms with Gasteiger partial charge in [-0.1, -0.05) is 45.1 Å². The zero-order valence-electron chi connectivity index (χ0n) is 7.41. The van der Waals surface area contributed by atoms with Crippen LogP contribution in [0.15, 0.2) is 24.3 Å². The van der Waals surface area contributed by atoms with Crippen LogP contribution in [0.4, 0.5) is 0 Å². The molecule has 0 spiro atoms. The Kier molecular flexibility index (Phi) is 5.20. The Balaban J connectivity index is 0.000000461. The van der Waals surface area contributed by atoms with Gasteiger partial charge >= 0.3 is 0 Å². The fourth-order valence-corrected chi connectivity index (χ4v) is 0.879. The van der Waals surface area contributed by atoms with Crippen molar-refractivity contribution in [1.29, 1.82) is 5.26 Å². The molecule has 1 aliphatic carbocycles. The summed E-state index contributed by atoms with van der Waals surface area (Å²) in [5.41, 5.74) is 0. The maximum atomic E-state index is 8.53. The monoisotopic (exact) mass is 149 g/mol. The second-order valence-corrected chi connectivity index (χ2v) is 2.28. The van der Waals surface area contributed by atoms with Crippen LogP contribution in [0.1, 0.15) is 20.8 Å². The average Bonchev–Trinajstić information content (AvgIpc) is 2.09. The lowest BCUT2D eigenvalue weighted by atomic mass is 9.92. The van der Waals surface area contributed by atoms with Crippen LogP contribution in [0, 0.1) is 23.2 Å². The molecular weight excluding hydrogens is 134 g/mol. The molecule has 2 unspecified atom stereocenters. The zero-order valence-corrected chi connectivity index (χ0v) is 7.41. The molecule has 0 aromatic heterocycles. The molecular formula is C10H15N. The van der Waals surface area contributed by atoms with Gasteiger partial charge in [-0.05, 0) is 5.92 Å². The standard InChI is InChI=1S/C8H9N.C2H6/c1-7-4-2-3-5-8(7)6-9;1-2/h2-5,7-8H,1H3;1-2H3. The van der Waals surface area contributed by atoms with Crippen molar-refractivity contribution in [3.05, 3.63) is 24.3 Å². The van der Waals surface area contributed by atoms with Gasteiger partial charge in [-0.25, -0.2) is 0 Å². The largest absolute Gasteiger partial charge is 0.198 e. The Hall–Kier alpha value is -1.03. The number of hydrogen-bond acceptors (Lipinski definition) is 1. The molecule has 0 saturated carbocycles. The van der Waals surface area contributed by atoms with Gasteiger partial charge in [-0.2, -0.15) is 5.26 Å². The maximum absolute atomic E-state index is 8.53. The highest BCUT2D eigenvalue weighted by Crippen LogP contribution is 2.16. The molecule has 1 rings (SSSR count). The van der Waals surface area contributed by atoms with Crippen molar-refractivity contribution in [2.45, 2.75) is 20.8 Å². The molecule has 0 radical (unpaired) electrons. The van der Waals surface area contributed by atoms with Crippen LogP contribution < -0.4 is 0 Å². The van der Waals surface area contributed by atoms with Crippen LogP contribution in [-0.4, -0.2) is 0 Å². The topological polar surface area (TPSA) is 23.8 Å². The zero-order chi connectivity index (χ0) is 8.69. The Labute approximate surface area is 69.0 Å². The van der Waals surface area contributed by atoms with Crippen molar-refractivity contribution in [2.24, 2.45) is 11.8 Å². The van der Waals surface area contributed by atoms with Gasteiger partial charge in [0.05, 0.1) is 12.0 Å². The number of rotatable bonds is 0. The molecule has 0 aromatic rings. The smallest absolute Gasteiger partial charge is 0.0706 e. The molecule has 0 aromatic carbocycles. The van der Waals surface area contributed by atoms with Gasteiger partial charge in [0.2, 0.25) is 0 Å². The van der Waals surface area contributed by atoms with Crippen LogP contribution in [-0.2, 0) is 0 Å².